The van der Waals surface area contributed by atoms with E-state index in [9.17, 15) is 10.1 Å². The molecule has 31 heavy (non-hydrogen) atoms. The second-order valence-corrected chi connectivity index (χ2v) is 9.37. The maximum Gasteiger partial charge on any atom is 0.266 e. The van der Waals surface area contributed by atoms with Crippen molar-refractivity contribution in [1.82, 2.24) is 0 Å². The summed E-state index contributed by atoms with van der Waals surface area (Å²) in [7, 11) is 0. The third-order valence-electron chi connectivity index (χ3n) is 6.27. The number of amides is 1. The number of nitriles is 1. The summed E-state index contributed by atoms with van der Waals surface area (Å²) in [5, 5.41) is 13.1. The summed E-state index contributed by atoms with van der Waals surface area (Å²) >= 11 is 6.15. The fraction of sp³-hybridized carbons (Fsp3) is 0.385. The Balaban J connectivity index is 1.98. The van der Waals surface area contributed by atoms with Crippen LogP contribution in [-0.2, 0) is 4.79 Å². The lowest BCUT2D eigenvalue weighted by Crippen LogP contribution is -2.48. The lowest BCUT2D eigenvalue weighted by Gasteiger charge is -2.47. The summed E-state index contributed by atoms with van der Waals surface area (Å²) in [5.41, 5.74) is 6.00. The van der Waals surface area contributed by atoms with E-state index in [1.807, 2.05) is 13.8 Å². The molecule has 1 N–H and O–H groups in total. The molecule has 5 heteroatoms. The van der Waals surface area contributed by atoms with Gasteiger partial charge >= 0.3 is 0 Å². The van der Waals surface area contributed by atoms with Gasteiger partial charge in [-0.25, -0.2) is 0 Å². The average Bonchev–Trinajstić information content (AvgIpc) is 2.69. The second-order valence-electron chi connectivity index (χ2n) is 8.97. The van der Waals surface area contributed by atoms with Crippen LogP contribution in [-0.4, -0.2) is 18.0 Å². The highest BCUT2D eigenvalue weighted by Crippen LogP contribution is 2.44. The molecule has 1 aliphatic rings. The summed E-state index contributed by atoms with van der Waals surface area (Å²) in [4.78, 5) is 15.3. The van der Waals surface area contributed by atoms with Crippen molar-refractivity contribution in [3.05, 3.63) is 63.2 Å². The van der Waals surface area contributed by atoms with Gasteiger partial charge in [-0.1, -0.05) is 24.6 Å². The number of carbonyl (C=O) groups excluding carboxylic acids is 1. The number of nitrogens with zero attached hydrogens (tertiary/aromatic N) is 2. The first kappa shape index (κ1) is 22.9. The summed E-state index contributed by atoms with van der Waals surface area (Å²) in [5.74, 6) is -0.0385. The van der Waals surface area contributed by atoms with Crippen LogP contribution >= 0.6 is 11.6 Å². The normalized spacial score (nSPS) is 17.7. The number of halogens is 1. The van der Waals surface area contributed by atoms with Crippen LogP contribution in [0.5, 0.6) is 0 Å². The molecule has 1 amide bonds. The van der Waals surface area contributed by atoms with Crippen LogP contribution in [0.25, 0.3) is 6.08 Å². The quantitative estimate of drug-likeness (QED) is 0.434. The molecule has 1 atom stereocenters. The van der Waals surface area contributed by atoms with E-state index < -0.39 is 5.91 Å². The molecule has 2 aromatic carbocycles. The molecule has 0 spiro atoms. The second kappa shape index (κ2) is 8.77. The third kappa shape index (κ3) is 4.48. The molecule has 1 heterocycles. The Bertz CT molecular complexity index is 1090. The molecular weight excluding hydrogens is 406 g/mol. The SMILES string of the molecule is CCN1c2cc(C)c(/C=C(\C#N)C(=O)Nc3cccc(Cl)c3C)cc2C(C)CC1(C)C. The maximum absolute atomic E-state index is 12.8. The number of hydrogen-bond acceptors (Lipinski definition) is 3. The molecule has 0 aromatic heterocycles. The molecule has 3 rings (SSSR count). The lowest BCUT2D eigenvalue weighted by atomic mass is 9.79. The number of fused-ring (bicyclic) bond motifs is 1. The fourth-order valence-corrected chi connectivity index (χ4v) is 4.82. The van der Waals surface area contributed by atoms with Gasteiger partial charge in [0.2, 0.25) is 0 Å². The van der Waals surface area contributed by atoms with Crippen LogP contribution in [0.4, 0.5) is 11.4 Å². The van der Waals surface area contributed by atoms with Crippen molar-refractivity contribution in [2.75, 3.05) is 16.8 Å². The number of benzene rings is 2. The van der Waals surface area contributed by atoms with Crippen molar-refractivity contribution in [2.45, 2.75) is 59.4 Å². The summed E-state index contributed by atoms with van der Waals surface area (Å²) < 4.78 is 0. The Morgan fingerprint density at radius 3 is 2.71 bits per heavy atom. The molecule has 162 valence electrons. The minimum atomic E-state index is -0.436. The molecule has 1 aliphatic heterocycles. The van der Waals surface area contributed by atoms with Crippen molar-refractivity contribution in [3.8, 4) is 6.07 Å². The first-order valence-corrected chi connectivity index (χ1v) is 11.1. The molecule has 4 nitrogen and oxygen atoms in total. The minimum absolute atomic E-state index is 0.0681. The zero-order chi connectivity index (χ0) is 22.9. The van der Waals surface area contributed by atoms with Crippen LogP contribution in [0.1, 0.15) is 62.3 Å². The van der Waals surface area contributed by atoms with Crippen molar-refractivity contribution in [3.63, 3.8) is 0 Å². The van der Waals surface area contributed by atoms with Gasteiger partial charge in [-0.3, -0.25) is 4.79 Å². The number of aryl methyl sites for hydroxylation is 1. The Hall–Kier alpha value is -2.77. The minimum Gasteiger partial charge on any atom is -0.366 e. The van der Waals surface area contributed by atoms with Crippen LogP contribution in [0.3, 0.4) is 0 Å². The van der Waals surface area contributed by atoms with Crippen LogP contribution < -0.4 is 10.2 Å². The highest BCUT2D eigenvalue weighted by atomic mass is 35.5. The van der Waals surface area contributed by atoms with Gasteiger partial charge in [0.1, 0.15) is 11.6 Å². The van der Waals surface area contributed by atoms with Gasteiger partial charge < -0.3 is 10.2 Å². The van der Waals surface area contributed by atoms with E-state index in [0.29, 0.717) is 16.6 Å². The summed E-state index contributed by atoms with van der Waals surface area (Å²) in [6.07, 6.45) is 2.74. The largest absolute Gasteiger partial charge is 0.366 e. The van der Waals surface area contributed by atoms with Crippen LogP contribution in [0.2, 0.25) is 5.02 Å². The van der Waals surface area contributed by atoms with Gasteiger partial charge in [0.25, 0.3) is 5.91 Å². The van der Waals surface area contributed by atoms with Crippen molar-refractivity contribution < 1.29 is 4.79 Å². The number of carbonyl (C=O) groups is 1. The average molecular weight is 436 g/mol. The maximum atomic E-state index is 12.8. The van der Waals surface area contributed by atoms with Gasteiger partial charge in [0.15, 0.2) is 0 Å². The third-order valence-corrected chi connectivity index (χ3v) is 6.68. The van der Waals surface area contributed by atoms with Gasteiger partial charge in [0.05, 0.1) is 0 Å². The Morgan fingerprint density at radius 1 is 1.35 bits per heavy atom. The first-order chi connectivity index (χ1) is 14.6. The molecule has 0 aliphatic carbocycles. The van der Waals surface area contributed by atoms with E-state index in [2.05, 4.69) is 56.1 Å². The van der Waals surface area contributed by atoms with Crippen LogP contribution in [0.15, 0.2) is 35.9 Å². The smallest absolute Gasteiger partial charge is 0.266 e. The Labute approximate surface area is 190 Å². The van der Waals surface area contributed by atoms with E-state index in [0.717, 1.165) is 29.7 Å². The van der Waals surface area contributed by atoms with E-state index in [1.165, 1.54) is 11.3 Å². The van der Waals surface area contributed by atoms with Crippen molar-refractivity contribution >= 4 is 35.0 Å². The first-order valence-electron chi connectivity index (χ1n) is 10.7. The van der Waals surface area contributed by atoms with E-state index in [1.54, 1.807) is 24.3 Å². The predicted octanol–water partition coefficient (Wildman–Crippen LogP) is 6.61. The van der Waals surface area contributed by atoms with E-state index in [-0.39, 0.29) is 11.1 Å². The van der Waals surface area contributed by atoms with Gasteiger partial charge in [-0.05, 0) is 99.6 Å². The molecule has 0 radical (unpaired) electrons. The number of hydrogen-bond donors (Lipinski definition) is 1. The zero-order valence-electron chi connectivity index (χ0n) is 19.1. The highest BCUT2D eigenvalue weighted by molar-refractivity contribution is 6.31. The molecular formula is C26H30ClN3O. The molecule has 0 saturated carbocycles. The van der Waals surface area contributed by atoms with Gasteiger partial charge in [-0.2, -0.15) is 5.26 Å². The summed E-state index contributed by atoms with van der Waals surface area (Å²) in [6, 6.07) is 11.7. The van der Waals surface area contributed by atoms with Crippen molar-refractivity contribution in [2.24, 2.45) is 0 Å². The number of nitrogens with one attached hydrogen (secondary N) is 1. The molecule has 0 saturated heterocycles. The molecule has 1 unspecified atom stereocenters. The number of anilines is 2. The fourth-order valence-electron chi connectivity index (χ4n) is 4.64. The zero-order valence-corrected chi connectivity index (χ0v) is 19.9. The number of rotatable bonds is 4. The van der Waals surface area contributed by atoms with Crippen molar-refractivity contribution in [1.29, 1.82) is 5.26 Å². The Kier molecular flexibility index (Phi) is 6.48. The van der Waals surface area contributed by atoms with E-state index >= 15 is 0 Å². The monoisotopic (exact) mass is 435 g/mol. The molecule has 2 aromatic rings. The predicted molar refractivity (Wildman–Crippen MR) is 130 cm³/mol. The summed E-state index contributed by atoms with van der Waals surface area (Å²) in [6.45, 7) is 13.8. The lowest BCUT2D eigenvalue weighted by molar-refractivity contribution is -0.112. The standard InChI is InChI=1S/C26H30ClN3O/c1-7-30-24-11-16(2)19(13-21(24)17(3)14-26(30,5)6)12-20(15-28)25(31)29-23-10-8-9-22(27)18(23)4/h8-13,17H,7,14H2,1-6H3,(H,29,31)/b20-12+. The Morgan fingerprint density at radius 2 is 2.06 bits per heavy atom. The van der Waals surface area contributed by atoms with E-state index in [4.69, 9.17) is 11.6 Å². The topological polar surface area (TPSA) is 56.1 Å². The van der Waals surface area contributed by atoms with Crippen LogP contribution in [0, 0.1) is 25.2 Å². The molecule has 0 bridgehead atoms. The van der Waals surface area contributed by atoms with Gasteiger partial charge in [-0.15, -0.1) is 0 Å². The van der Waals surface area contributed by atoms with Gasteiger partial charge in [0, 0.05) is 28.5 Å². The molecule has 0 fully saturated rings. The highest BCUT2D eigenvalue weighted by Gasteiger charge is 2.35.